The average molecular weight is 170 g/mol. The van der Waals surface area contributed by atoms with Crippen LogP contribution in [-0.2, 0) is 14.3 Å². The van der Waals surface area contributed by atoms with E-state index in [0.717, 1.165) is 25.5 Å². The molecule has 1 saturated carbocycles. The second-order valence-electron chi connectivity index (χ2n) is 3.29. The Hall–Kier alpha value is -0.860. The Morgan fingerprint density at radius 3 is 2.92 bits per heavy atom. The predicted octanol–water partition coefficient (Wildman–Crippen LogP) is 1.16. The summed E-state index contributed by atoms with van der Waals surface area (Å²) in [5, 5.41) is 0. The molecule has 1 rings (SSSR count). The van der Waals surface area contributed by atoms with Gasteiger partial charge in [-0.1, -0.05) is 6.42 Å². The van der Waals surface area contributed by atoms with E-state index in [4.69, 9.17) is 4.74 Å². The highest BCUT2D eigenvalue weighted by Crippen LogP contribution is 2.30. The van der Waals surface area contributed by atoms with Gasteiger partial charge in [0.05, 0.1) is 6.61 Å². The van der Waals surface area contributed by atoms with E-state index in [1.807, 2.05) is 0 Å². The molecule has 0 aliphatic heterocycles. The number of ether oxygens (including phenoxy) is 1. The van der Waals surface area contributed by atoms with Gasteiger partial charge in [-0.25, -0.2) is 0 Å². The largest absolute Gasteiger partial charge is 0.466 e. The zero-order valence-corrected chi connectivity index (χ0v) is 7.29. The van der Waals surface area contributed by atoms with Gasteiger partial charge in [0.2, 0.25) is 0 Å². The summed E-state index contributed by atoms with van der Waals surface area (Å²) in [5.74, 6) is 0.127. The molecular formula is C9H14O3. The van der Waals surface area contributed by atoms with E-state index < -0.39 is 0 Å². The van der Waals surface area contributed by atoms with Gasteiger partial charge in [-0.05, 0) is 12.8 Å². The summed E-state index contributed by atoms with van der Waals surface area (Å²) >= 11 is 0. The van der Waals surface area contributed by atoms with E-state index in [1.165, 1.54) is 6.92 Å². The Morgan fingerprint density at radius 2 is 2.33 bits per heavy atom. The van der Waals surface area contributed by atoms with Crippen LogP contribution in [0.3, 0.4) is 0 Å². The molecule has 0 radical (unpaired) electrons. The van der Waals surface area contributed by atoms with Gasteiger partial charge in [0.15, 0.2) is 0 Å². The molecule has 2 atom stereocenters. The minimum Gasteiger partial charge on any atom is -0.466 e. The smallest absolute Gasteiger partial charge is 0.302 e. The standard InChI is InChI=1S/C9H14O3/c1-7(11)12-6-9-4-2-3-8(9)5-10/h5,8-9H,2-4,6H2,1H3. The molecule has 0 amide bonds. The van der Waals surface area contributed by atoms with Crippen molar-refractivity contribution in [3.05, 3.63) is 0 Å². The van der Waals surface area contributed by atoms with E-state index in [0.29, 0.717) is 6.61 Å². The Kier molecular flexibility index (Phi) is 3.26. The number of esters is 1. The summed E-state index contributed by atoms with van der Waals surface area (Å²) in [6.45, 7) is 1.81. The van der Waals surface area contributed by atoms with Crippen LogP contribution in [0.1, 0.15) is 26.2 Å². The number of aldehydes is 1. The molecule has 2 unspecified atom stereocenters. The van der Waals surface area contributed by atoms with Gasteiger partial charge in [0.1, 0.15) is 6.29 Å². The first kappa shape index (κ1) is 9.23. The van der Waals surface area contributed by atoms with Crippen molar-refractivity contribution < 1.29 is 14.3 Å². The molecule has 0 heterocycles. The summed E-state index contributed by atoms with van der Waals surface area (Å²) in [4.78, 5) is 21.0. The van der Waals surface area contributed by atoms with Crippen LogP contribution in [0, 0.1) is 11.8 Å². The number of hydrogen-bond acceptors (Lipinski definition) is 3. The summed E-state index contributed by atoms with van der Waals surface area (Å²) in [7, 11) is 0. The molecule has 0 saturated heterocycles. The molecule has 0 bridgehead atoms. The van der Waals surface area contributed by atoms with Crippen LogP contribution in [0.25, 0.3) is 0 Å². The van der Waals surface area contributed by atoms with Crippen molar-refractivity contribution >= 4 is 12.3 Å². The molecule has 0 spiro atoms. The number of carbonyl (C=O) groups is 2. The van der Waals surface area contributed by atoms with Crippen LogP contribution in [0.15, 0.2) is 0 Å². The lowest BCUT2D eigenvalue weighted by molar-refractivity contribution is -0.143. The van der Waals surface area contributed by atoms with Gasteiger partial charge < -0.3 is 9.53 Å². The lowest BCUT2D eigenvalue weighted by Gasteiger charge is -2.12. The average Bonchev–Trinajstić information content (AvgIpc) is 2.47. The Balaban J connectivity index is 2.30. The lowest BCUT2D eigenvalue weighted by Crippen LogP contribution is -2.17. The van der Waals surface area contributed by atoms with Crippen molar-refractivity contribution in [2.24, 2.45) is 11.8 Å². The fourth-order valence-electron chi connectivity index (χ4n) is 1.68. The predicted molar refractivity (Wildman–Crippen MR) is 43.5 cm³/mol. The fourth-order valence-corrected chi connectivity index (χ4v) is 1.68. The molecule has 0 aromatic carbocycles. The zero-order valence-electron chi connectivity index (χ0n) is 7.29. The quantitative estimate of drug-likeness (QED) is 0.471. The molecule has 3 nitrogen and oxygen atoms in total. The molecule has 1 fully saturated rings. The zero-order chi connectivity index (χ0) is 8.97. The van der Waals surface area contributed by atoms with E-state index in [1.54, 1.807) is 0 Å². The van der Waals surface area contributed by atoms with Crippen LogP contribution in [-0.4, -0.2) is 18.9 Å². The van der Waals surface area contributed by atoms with Crippen molar-refractivity contribution in [1.29, 1.82) is 0 Å². The highest BCUT2D eigenvalue weighted by molar-refractivity contribution is 5.66. The summed E-state index contributed by atoms with van der Waals surface area (Å²) in [6.07, 6.45) is 4.03. The number of hydrogen-bond donors (Lipinski definition) is 0. The molecule has 12 heavy (non-hydrogen) atoms. The van der Waals surface area contributed by atoms with E-state index in [-0.39, 0.29) is 17.8 Å². The van der Waals surface area contributed by atoms with Gasteiger partial charge in [-0.2, -0.15) is 0 Å². The summed E-state index contributed by atoms with van der Waals surface area (Å²) in [6, 6.07) is 0. The van der Waals surface area contributed by atoms with E-state index >= 15 is 0 Å². The third kappa shape index (κ3) is 2.32. The molecular weight excluding hydrogens is 156 g/mol. The highest BCUT2D eigenvalue weighted by Gasteiger charge is 2.27. The monoisotopic (exact) mass is 170 g/mol. The van der Waals surface area contributed by atoms with Crippen molar-refractivity contribution in [2.75, 3.05) is 6.61 Å². The maximum Gasteiger partial charge on any atom is 0.302 e. The van der Waals surface area contributed by atoms with Crippen molar-refractivity contribution in [1.82, 2.24) is 0 Å². The van der Waals surface area contributed by atoms with Gasteiger partial charge >= 0.3 is 5.97 Å². The van der Waals surface area contributed by atoms with Gasteiger partial charge in [-0.3, -0.25) is 4.79 Å². The normalized spacial score (nSPS) is 28.4. The number of rotatable bonds is 3. The lowest BCUT2D eigenvalue weighted by atomic mass is 9.99. The first-order valence-corrected chi connectivity index (χ1v) is 4.32. The Labute approximate surface area is 72.1 Å². The van der Waals surface area contributed by atoms with Crippen molar-refractivity contribution in [3.8, 4) is 0 Å². The first-order chi connectivity index (χ1) is 5.74. The molecule has 0 aromatic heterocycles. The van der Waals surface area contributed by atoms with Crippen LogP contribution < -0.4 is 0 Å². The minimum absolute atomic E-state index is 0.115. The third-order valence-electron chi connectivity index (χ3n) is 2.39. The Morgan fingerprint density at radius 1 is 1.58 bits per heavy atom. The molecule has 68 valence electrons. The molecule has 0 N–H and O–H groups in total. The highest BCUT2D eigenvalue weighted by atomic mass is 16.5. The van der Waals surface area contributed by atoms with E-state index in [2.05, 4.69) is 0 Å². The maximum absolute atomic E-state index is 10.5. The summed E-state index contributed by atoms with van der Waals surface area (Å²) in [5.41, 5.74) is 0. The second kappa shape index (κ2) is 4.24. The minimum atomic E-state index is -0.258. The number of carbonyl (C=O) groups excluding carboxylic acids is 2. The fraction of sp³-hybridized carbons (Fsp3) is 0.778. The molecule has 1 aliphatic carbocycles. The first-order valence-electron chi connectivity index (χ1n) is 4.32. The molecule has 1 aliphatic rings. The van der Waals surface area contributed by atoms with Gasteiger partial charge in [-0.15, -0.1) is 0 Å². The summed E-state index contributed by atoms with van der Waals surface area (Å²) < 4.78 is 4.86. The van der Waals surface area contributed by atoms with Crippen LogP contribution >= 0.6 is 0 Å². The maximum atomic E-state index is 10.5. The van der Waals surface area contributed by atoms with Gasteiger partial charge in [0.25, 0.3) is 0 Å². The second-order valence-corrected chi connectivity index (χ2v) is 3.29. The third-order valence-corrected chi connectivity index (χ3v) is 2.39. The van der Waals surface area contributed by atoms with Crippen molar-refractivity contribution in [2.45, 2.75) is 26.2 Å². The van der Waals surface area contributed by atoms with E-state index in [9.17, 15) is 9.59 Å². The van der Waals surface area contributed by atoms with Crippen LogP contribution in [0.5, 0.6) is 0 Å². The molecule has 0 aromatic rings. The SMILES string of the molecule is CC(=O)OCC1CCCC1C=O. The Bertz CT molecular complexity index is 177. The van der Waals surface area contributed by atoms with Crippen molar-refractivity contribution in [3.63, 3.8) is 0 Å². The van der Waals surface area contributed by atoms with Crippen LogP contribution in [0.2, 0.25) is 0 Å². The van der Waals surface area contributed by atoms with Gasteiger partial charge in [0, 0.05) is 18.8 Å². The van der Waals surface area contributed by atoms with Crippen LogP contribution in [0.4, 0.5) is 0 Å². The topological polar surface area (TPSA) is 43.4 Å². The molecule has 3 heteroatoms.